The van der Waals surface area contributed by atoms with E-state index >= 15 is 0 Å². The first-order valence-corrected chi connectivity index (χ1v) is 4.69. The van der Waals surface area contributed by atoms with Crippen LogP contribution in [0.25, 0.3) is 6.08 Å². The number of allylic oxidation sites excluding steroid dienone is 1. The summed E-state index contributed by atoms with van der Waals surface area (Å²) in [5, 5.41) is 0. The van der Waals surface area contributed by atoms with E-state index < -0.39 is 0 Å². The van der Waals surface area contributed by atoms with E-state index in [9.17, 15) is 0 Å². The molecule has 4 heteroatoms. The minimum absolute atomic E-state index is 0. The molecule has 0 bridgehead atoms. The van der Waals surface area contributed by atoms with Crippen molar-refractivity contribution in [2.24, 2.45) is 0 Å². The molecule has 0 spiro atoms. The molecule has 3 nitrogen and oxygen atoms in total. The molecule has 0 N–H and O–H groups in total. The Morgan fingerprint density at radius 3 is 1.81 bits per heavy atom. The van der Waals surface area contributed by atoms with Gasteiger partial charge in [-0.15, -0.1) is 0 Å². The van der Waals surface area contributed by atoms with Crippen molar-refractivity contribution >= 4 is 33.4 Å². The normalized spacial score (nSPS) is 9.75. The van der Waals surface area contributed by atoms with E-state index in [2.05, 4.69) is 0 Å². The Kier molecular flexibility index (Phi) is 7.20. The second kappa shape index (κ2) is 7.54. The van der Waals surface area contributed by atoms with E-state index in [1.165, 1.54) is 0 Å². The summed E-state index contributed by atoms with van der Waals surface area (Å²) in [7, 11) is 4.85. The van der Waals surface area contributed by atoms with Crippen LogP contribution in [0.1, 0.15) is 12.5 Å². The summed E-state index contributed by atoms with van der Waals surface area (Å²) < 4.78 is 15.6. The molecule has 0 aliphatic carbocycles. The maximum atomic E-state index is 5.25. The zero-order chi connectivity index (χ0) is 11.3. The van der Waals surface area contributed by atoms with Gasteiger partial charge in [0.2, 0.25) is 0 Å². The Bertz CT molecular complexity index is 362. The van der Waals surface area contributed by atoms with Crippen LogP contribution in [-0.2, 0) is 0 Å². The van der Waals surface area contributed by atoms with E-state index in [-0.39, 0.29) is 27.3 Å². The van der Waals surface area contributed by atoms with Crippen molar-refractivity contribution in [1.82, 2.24) is 0 Å². The Hall–Kier alpha value is -0.718. The molecule has 0 unspecified atom stereocenters. The number of benzene rings is 1. The average molecular weight is 417 g/mol. The van der Waals surface area contributed by atoms with Gasteiger partial charge in [-0.05, 0) is 13.0 Å². The van der Waals surface area contributed by atoms with Gasteiger partial charge in [-0.2, -0.15) is 0 Å². The van der Waals surface area contributed by atoms with Crippen LogP contribution >= 0.6 is 0 Å². The van der Waals surface area contributed by atoms with E-state index in [0.29, 0.717) is 11.5 Å². The summed E-state index contributed by atoms with van der Waals surface area (Å²) in [5.74, 6) is 2.14. The van der Waals surface area contributed by atoms with Crippen molar-refractivity contribution in [3.05, 3.63) is 23.8 Å². The molecule has 0 saturated heterocycles. The third kappa shape index (κ3) is 3.40. The molecular formula is C12H18O3Pb. The third-order valence-corrected chi connectivity index (χ3v) is 2.08. The van der Waals surface area contributed by atoms with Crippen molar-refractivity contribution in [3.63, 3.8) is 0 Å². The van der Waals surface area contributed by atoms with E-state index in [0.717, 1.165) is 11.3 Å². The fourth-order valence-corrected chi connectivity index (χ4v) is 1.36. The van der Waals surface area contributed by atoms with Crippen LogP contribution in [0.3, 0.4) is 0 Å². The van der Waals surface area contributed by atoms with Crippen molar-refractivity contribution in [2.75, 3.05) is 21.3 Å². The third-order valence-electron chi connectivity index (χ3n) is 2.08. The van der Waals surface area contributed by atoms with Crippen molar-refractivity contribution in [3.8, 4) is 17.2 Å². The van der Waals surface area contributed by atoms with Gasteiger partial charge in [0.05, 0.1) is 21.3 Å². The van der Waals surface area contributed by atoms with Crippen LogP contribution < -0.4 is 14.2 Å². The van der Waals surface area contributed by atoms with Gasteiger partial charge in [-0.3, -0.25) is 0 Å². The zero-order valence-corrected chi connectivity index (χ0v) is 15.7. The van der Waals surface area contributed by atoms with Gasteiger partial charge < -0.3 is 14.2 Å². The quantitative estimate of drug-likeness (QED) is 0.700. The Balaban J connectivity index is 0.00000225. The number of ether oxygens (including phenoxy) is 3. The maximum absolute atomic E-state index is 5.25. The summed E-state index contributed by atoms with van der Waals surface area (Å²) in [6, 6.07) is 3.70. The molecule has 88 valence electrons. The predicted octanol–water partition coefficient (Wildman–Crippen LogP) is 1.83. The van der Waals surface area contributed by atoms with Gasteiger partial charge in [-0.25, -0.2) is 0 Å². The van der Waals surface area contributed by atoms with Gasteiger partial charge in [-0.1, -0.05) is 12.2 Å². The first-order chi connectivity index (χ1) is 7.26. The summed E-state index contributed by atoms with van der Waals surface area (Å²) in [4.78, 5) is 0. The Morgan fingerprint density at radius 1 is 0.875 bits per heavy atom. The number of rotatable bonds is 4. The average Bonchev–Trinajstić information content (AvgIpc) is 2.28. The summed E-state index contributed by atoms with van der Waals surface area (Å²) >= 11 is 0. The fourth-order valence-electron chi connectivity index (χ4n) is 1.36. The first-order valence-electron chi connectivity index (χ1n) is 4.69. The topological polar surface area (TPSA) is 27.7 Å². The Labute approximate surface area is 117 Å². The molecule has 0 heterocycles. The Morgan fingerprint density at radius 2 is 1.38 bits per heavy atom. The number of hydrogen-bond donors (Lipinski definition) is 0. The van der Waals surface area contributed by atoms with E-state index in [4.69, 9.17) is 14.2 Å². The summed E-state index contributed by atoms with van der Waals surface area (Å²) in [6.45, 7) is 1.95. The van der Waals surface area contributed by atoms with Crippen LogP contribution in [0.2, 0.25) is 0 Å². The molecule has 1 rings (SSSR count). The second-order valence-corrected chi connectivity index (χ2v) is 2.95. The fraction of sp³-hybridized carbons (Fsp3) is 0.333. The summed E-state index contributed by atoms with van der Waals surface area (Å²) in [5.41, 5.74) is 0.970. The molecule has 0 fully saturated rings. The van der Waals surface area contributed by atoms with Gasteiger partial charge >= 0.3 is 27.3 Å². The molecule has 1 aromatic rings. The van der Waals surface area contributed by atoms with Crippen molar-refractivity contribution in [2.45, 2.75) is 6.92 Å². The molecule has 0 amide bonds. The van der Waals surface area contributed by atoms with E-state index in [1.807, 2.05) is 31.2 Å². The molecule has 0 atom stereocenters. The zero-order valence-electron chi connectivity index (χ0n) is 10.2. The van der Waals surface area contributed by atoms with Gasteiger partial charge in [0.15, 0.2) is 11.5 Å². The molecule has 2 radical (unpaired) electrons. The molecule has 0 aromatic heterocycles. The van der Waals surface area contributed by atoms with Crippen LogP contribution in [0.4, 0.5) is 0 Å². The van der Waals surface area contributed by atoms with Crippen LogP contribution in [0, 0.1) is 0 Å². The second-order valence-electron chi connectivity index (χ2n) is 2.95. The molecule has 0 aliphatic heterocycles. The molecule has 1 aromatic carbocycles. The molecule has 0 aliphatic rings. The monoisotopic (exact) mass is 418 g/mol. The molecule has 0 saturated carbocycles. The van der Waals surface area contributed by atoms with Crippen LogP contribution in [0.15, 0.2) is 18.2 Å². The van der Waals surface area contributed by atoms with Gasteiger partial charge in [0.25, 0.3) is 0 Å². The van der Waals surface area contributed by atoms with Crippen molar-refractivity contribution in [1.29, 1.82) is 0 Å². The predicted molar refractivity (Wildman–Crippen MR) is 69.4 cm³/mol. The van der Waals surface area contributed by atoms with E-state index in [1.54, 1.807) is 21.3 Å². The number of methoxy groups -OCH3 is 3. The summed E-state index contributed by atoms with van der Waals surface area (Å²) in [6.07, 6.45) is 3.91. The standard InChI is InChI=1S/C12H16O3.Pb.2H/c1-5-6-9-7-11(14-3)12(15-4)8-10(9)13-2;;;/h5-8H,1-4H3;;;/b6-5+;;;. The van der Waals surface area contributed by atoms with Gasteiger partial charge in [0, 0.05) is 11.6 Å². The minimum atomic E-state index is 0. The first kappa shape index (κ1) is 15.3. The van der Waals surface area contributed by atoms with Crippen molar-refractivity contribution < 1.29 is 14.2 Å². The number of hydrogen-bond acceptors (Lipinski definition) is 3. The molecule has 16 heavy (non-hydrogen) atoms. The SMILES string of the molecule is C/C=C/c1cc(OC)c(OC)cc1OC.[PbH2]. The molecular weight excluding hydrogens is 399 g/mol. The van der Waals surface area contributed by atoms with Crippen LogP contribution in [0.5, 0.6) is 17.2 Å². The van der Waals surface area contributed by atoms with Crippen LogP contribution in [-0.4, -0.2) is 48.6 Å². The van der Waals surface area contributed by atoms with Gasteiger partial charge in [0.1, 0.15) is 5.75 Å².